The van der Waals surface area contributed by atoms with E-state index in [0.29, 0.717) is 0 Å². The highest BCUT2D eigenvalue weighted by Crippen LogP contribution is 2.31. The zero-order valence-electron chi connectivity index (χ0n) is 16.8. The van der Waals surface area contributed by atoms with E-state index in [9.17, 15) is 27.0 Å². The smallest absolute Gasteiger partial charge is 0.307 e. The van der Waals surface area contributed by atoms with E-state index in [4.69, 9.17) is 23.2 Å². The lowest BCUT2D eigenvalue weighted by Crippen LogP contribution is -2.30. The van der Waals surface area contributed by atoms with E-state index < -0.39 is 34.3 Å². The second-order valence-electron chi connectivity index (χ2n) is 6.47. The van der Waals surface area contributed by atoms with Crippen molar-refractivity contribution in [1.29, 1.82) is 0 Å². The molecular formula is C20H13Cl2F3N4O3S2. The highest BCUT2D eigenvalue weighted by Gasteiger charge is 2.31. The van der Waals surface area contributed by atoms with Crippen molar-refractivity contribution in [1.82, 2.24) is 14.3 Å². The fourth-order valence-corrected chi connectivity index (χ4v) is 4.71. The van der Waals surface area contributed by atoms with Crippen LogP contribution >= 0.6 is 35.0 Å². The number of hydrogen-bond donors (Lipinski definition) is 2. The van der Waals surface area contributed by atoms with Crippen LogP contribution in [0.5, 0.6) is 0 Å². The average Bonchev–Trinajstić information content (AvgIpc) is 2.73. The number of carbonyl (C=O) groups excluding carboxylic acids is 1. The summed E-state index contributed by atoms with van der Waals surface area (Å²) in [5.41, 5.74) is -1.35. The van der Waals surface area contributed by atoms with E-state index in [1.54, 1.807) is 0 Å². The Morgan fingerprint density at radius 3 is 2.50 bits per heavy atom. The Morgan fingerprint density at radius 2 is 1.88 bits per heavy atom. The van der Waals surface area contributed by atoms with Gasteiger partial charge in [-0.15, -0.1) is 0 Å². The number of benzene rings is 2. The number of amides is 2. The van der Waals surface area contributed by atoms with Crippen molar-refractivity contribution in [3.05, 3.63) is 85.4 Å². The van der Waals surface area contributed by atoms with Crippen LogP contribution in [0.4, 0.5) is 23.7 Å². The molecule has 0 spiro atoms. The molecule has 0 bridgehead atoms. The molecule has 0 saturated heterocycles. The molecule has 178 valence electrons. The number of rotatable bonds is 6. The van der Waals surface area contributed by atoms with Gasteiger partial charge in [0.05, 0.1) is 35.8 Å². The first-order valence-electron chi connectivity index (χ1n) is 8.96. The molecule has 1 atom stereocenters. The lowest BCUT2D eigenvalue weighted by atomic mass is 10.1. The van der Waals surface area contributed by atoms with Gasteiger partial charge in [0.1, 0.15) is 6.33 Å². The molecule has 0 fully saturated rings. The maximum Gasteiger partial charge on any atom is 0.416 e. The van der Waals surface area contributed by atoms with E-state index in [2.05, 4.69) is 28.2 Å². The number of nitrogens with zero attached hydrogens (tertiary/aromatic N) is 2. The van der Waals surface area contributed by atoms with E-state index in [-0.39, 0.29) is 35.9 Å². The first-order valence-corrected chi connectivity index (χ1v) is 11.7. The van der Waals surface area contributed by atoms with Crippen LogP contribution in [0.25, 0.3) is 16.6 Å². The molecule has 34 heavy (non-hydrogen) atoms. The highest BCUT2D eigenvalue weighted by atomic mass is 35.5. The Balaban J connectivity index is 1.85. The number of urea groups is 1. The summed E-state index contributed by atoms with van der Waals surface area (Å²) < 4.78 is 54.4. The maximum absolute atomic E-state index is 13.0. The molecule has 2 N–H and O–H groups in total. The van der Waals surface area contributed by atoms with E-state index >= 15 is 0 Å². The van der Waals surface area contributed by atoms with Crippen LogP contribution in [0.2, 0.25) is 5.02 Å². The molecule has 0 aliphatic heterocycles. The van der Waals surface area contributed by atoms with Crippen molar-refractivity contribution in [3.63, 3.8) is 0 Å². The minimum absolute atomic E-state index is 0.00690. The van der Waals surface area contributed by atoms with Crippen molar-refractivity contribution < 1.29 is 22.2 Å². The summed E-state index contributed by atoms with van der Waals surface area (Å²) in [5, 5.41) is 2.16. The Hall–Kier alpha value is -2.80. The summed E-state index contributed by atoms with van der Waals surface area (Å²) in [7, 11) is -1.96. The molecule has 0 aliphatic carbocycles. The Bertz CT molecular complexity index is 1410. The normalized spacial score (nSPS) is 12.3. The van der Waals surface area contributed by atoms with E-state index in [1.807, 2.05) is 0 Å². The van der Waals surface area contributed by atoms with E-state index in [0.717, 1.165) is 40.9 Å². The number of nitrogens with one attached hydrogen (secondary N) is 2. The van der Waals surface area contributed by atoms with Gasteiger partial charge in [-0.25, -0.2) is 14.0 Å². The number of aromatic nitrogens is 2. The summed E-state index contributed by atoms with van der Waals surface area (Å²) in [5.74, 6) is 0. The van der Waals surface area contributed by atoms with Gasteiger partial charge < -0.3 is 5.32 Å². The molecule has 0 aliphatic rings. The van der Waals surface area contributed by atoms with Crippen LogP contribution in [-0.2, 0) is 17.2 Å². The molecule has 0 radical (unpaired) electrons. The summed E-state index contributed by atoms with van der Waals surface area (Å²) >= 11 is 12.7. The third-order valence-corrected chi connectivity index (χ3v) is 6.64. The molecule has 3 rings (SSSR count). The molecule has 0 saturated carbocycles. The van der Waals surface area contributed by atoms with Gasteiger partial charge in [0.25, 0.3) is 5.56 Å². The maximum atomic E-state index is 13.0. The van der Waals surface area contributed by atoms with Gasteiger partial charge in [0, 0.05) is 5.69 Å². The van der Waals surface area contributed by atoms with Gasteiger partial charge in [-0.3, -0.25) is 14.1 Å². The van der Waals surface area contributed by atoms with Gasteiger partial charge >= 0.3 is 12.2 Å². The molecule has 7 nitrogen and oxygen atoms in total. The fraction of sp³-hybridized carbons (Fsp3) is 0.0500. The monoisotopic (exact) mass is 548 g/mol. The lowest BCUT2D eigenvalue weighted by Gasteiger charge is -2.12. The summed E-state index contributed by atoms with van der Waals surface area (Å²) in [6, 6.07) is 5.88. The summed E-state index contributed by atoms with van der Waals surface area (Å²) in [6.07, 6.45) is -3.49. The molecule has 2 aromatic carbocycles. The number of fused-ring (bicyclic) bond motifs is 1. The van der Waals surface area contributed by atoms with Crippen molar-refractivity contribution in [2.75, 3.05) is 5.32 Å². The number of hydrogen-bond acceptors (Lipinski definition) is 5. The largest absolute Gasteiger partial charge is 0.416 e. The van der Waals surface area contributed by atoms with Crippen LogP contribution in [0, 0.1) is 0 Å². The molecular weight excluding hydrogens is 536 g/mol. The molecule has 1 heterocycles. The SMILES string of the molecule is C=C(Cl)SC(=C)S(=O)NC(=O)Nc1ccc(-n2cnc3ccc(C(F)(F)F)cc3c2=O)c(Cl)c1. The quantitative estimate of drug-likeness (QED) is 0.408. The topological polar surface area (TPSA) is 93.1 Å². The standard InChI is InChI=1S/C20H13Cl2F3N4O3S2/c1-10(21)33-11(2)34(32)28-19(31)27-13-4-6-17(15(22)8-13)29-9-26-16-5-3-12(20(23,24)25)7-14(16)18(29)30/h3-9H,1-2H2,(H2,27,28,31). The summed E-state index contributed by atoms with van der Waals surface area (Å²) in [4.78, 5) is 28.9. The first-order chi connectivity index (χ1) is 15.9. The van der Waals surface area contributed by atoms with Crippen LogP contribution in [0.15, 0.2) is 69.3 Å². The predicted molar refractivity (Wildman–Crippen MR) is 129 cm³/mol. The van der Waals surface area contributed by atoms with Crippen molar-refractivity contribution in [2.45, 2.75) is 6.18 Å². The molecule has 2 amide bonds. The van der Waals surface area contributed by atoms with Crippen LogP contribution in [0.3, 0.4) is 0 Å². The molecule has 1 aromatic heterocycles. The zero-order valence-corrected chi connectivity index (χ0v) is 19.9. The number of anilines is 1. The second-order valence-corrected chi connectivity index (χ2v) is 10.2. The number of alkyl halides is 3. The van der Waals surface area contributed by atoms with Gasteiger partial charge in [-0.2, -0.15) is 13.2 Å². The first kappa shape index (κ1) is 25.8. The lowest BCUT2D eigenvalue weighted by molar-refractivity contribution is -0.137. The number of halogens is 5. The molecule has 14 heteroatoms. The van der Waals surface area contributed by atoms with Crippen molar-refractivity contribution >= 4 is 68.6 Å². The molecule has 1 unspecified atom stereocenters. The predicted octanol–water partition coefficient (Wildman–Crippen LogP) is 5.76. The minimum Gasteiger partial charge on any atom is -0.307 e. The molecule has 3 aromatic rings. The van der Waals surface area contributed by atoms with Crippen LogP contribution in [-0.4, -0.2) is 19.8 Å². The van der Waals surface area contributed by atoms with Crippen molar-refractivity contribution in [2.24, 2.45) is 0 Å². The van der Waals surface area contributed by atoms with Gasteiger partial charge in [0.2, 0.25) is 0 Å². The Labute approximate surface area is 207 Å². The Morgan fingerprint density at radius 1 is 1.18 bits per heavy atom. The zero-order chi connectivity index (χ0) is 25.2. The van der Waals surface area contributed by atoms with Crippen LogP contribution < -0.4 is 15.6 Å². The Kier molecular flexibility index (Phi) is 7.76. The minimum atomic E-state index is -4.63. The number of carbonyl (C=O) groups is 1. The average molecular weight is 549 g/mol. The van der Waals surface area contributed by atoms with Gasteiger partial charge in [-0.05, 0) is 36.4 Å². The van der Waals surface area contributed by atoms with E-state index in [1.165, 1.54) is 18.2 Å². The van der Waals surface area contributed by atoms with Crippen LogP contribution in [0.1, 0.15) is 5.56 Å². The summed E-state index contributed by atoms with van der Waals surface area (Å²) in [6.45, 7) is 6.93. The highest BCUT2D eigenvalue weighted by molar-refractivity contribution is 8.19. The van der Waals surface area contributed by atoms with Crippen molar-refractivity contribution in [3.8, 4) is 5.69 Å². The van der Waals surface area contributed by atoms with Gasteiger partial charge in [-0.1, -0.05) is 48.1 Å². The second kappa shape index (κ2) is 10.2. The third kappa shape index (κ3) is 6.00. The fourth-order valence-electron chi connectivity index (χ4n) is 2.71. The number of thioether (sulfide) groups is 1. The third-order valence-electron chi connectivity index (χ3n) is 4.17. The van der Waals surface area contributed by atoms with Gasteiger partial charge in [0.15, 0.2) is 11.0 Å².